The predicted octanol–water partition coefficient (Wildman–Crippen LogP) is 2.30. The van der Waals surface area contributed by atoms with Crippen LogP contribution in [0.3, 0.4) is 0 Å². The van der Waals surface area contributed by atoms with Gasteiger partial charge in [-0.25, -0.2) is 4.79 Å². The van der Waals surface area contributed by atoms with Crippen LogP contribution in [0.1, 0.15) is 18.1 Å². The van der Waals surface area contributed by atoms with Crippen molar-refractivity contribution < 1.29 is 14.3 Å². The number of carbonyl (C=O) groups excluding carboxylic acids is 1. The number of ether oxygens (including phenoxy) is 2. The maximum atomic E-state index is 11.8. The largest absolute Gasteiger partial charge is 0.450 e. The third-order valence-corrected chi connectivity index (χ3v) is 4.17. The lowest BCUT2D eigenvalue weighted by atomic mass is 10.1. The summed E-state index contributed by atoms with van der Waals surface area (Å²) in [7, 11) is 3.48. The Hall–Kier alpha value is -1.55. The Morgan fingerprint density at radius 3 is 2.35 bits per heavy atom. The molecule has 8 heteroatoms. The molecule has 2 rings (SSSR count). The molecule has 0 saturated carbocycles. The number of methoxy groups -OCH3 is 1. The van der Waals surface area contributed by atoms with Gasteiger partial charge in [0.25, 0.3) is 0 Å². The van der Waals surface area contributed by atoms with Crippen LogP contribution in [0.2, 0.25) is 0 Å². The topological polar surface area (TPSA) is 66.4 Å². The summed E-state index contributed by atoms with van der Waals surface area (Å²) >= 11 is 0. The highest BCUT2D eigenvalue weighted by Gasteiger charge is 2.23. The van der Waals surface area contributed by atoms with Crippen molar-refractivity contribution in [2.45, 2.75) is 20.1 Å². The molecule has 1 aliphatic rings. The van der Waals surface area contributed by atoms with Crippen LogP contribution in [0.4, 0.5) is 4.79 Å². The van der Waals surface area contributed by atoms with Crippen molar-refractivity contribution in [1.82, 2.24) is 15.1 Å². The molecule has 0 unspecified atom stereocenters. The van der Waals surface area contributed by atoms with E-state index >= 15 is 0 Å². The van der Waals surface area contributed by atoms with Crippen molar-refractivity contribution in [3.8, 4) is 0 Å². The Bertz CT molecular complexity index is 590. The molecular weight excluding hydrogens is 447 g/mol. The molecule has 1 fully saturated rings. The van der Waals surface area contributed by atoms with Crippen molar-refractivity contribution >= 4 is 36.0 Å². The van der Waals surface area contributed by atoms with E-state index in [0.717, 1.165) is 19.0 Å². The number of guanidine groups is 1. The Kier molecular flexibility index (Phi) is 10.3. The fourth-order valence-corrected chi connectivity index (χ4v) is 2.85. The molecule has 1 aromatic carbocycles. The van der Waals surface area contributed by atoms with Crippen LogP contribution in [0.25, 0.3) is 0 Å². The number of rotatable bonds is 5. The maximum Gasteiger partial charge on any atom is 0.409 e. The summed E-state index contributed by atoms with van der Waals surface area (Å²) in [6.45, 7) is 6.25. The van der Waals surface area contributed by atoms with E-state index in [2.05, 4.69) is 27.3 Å². The van der Waals surface area contributed by atoms with Gasteiger partial charge in [0, 0.05) is 46.9 Å². The summed E-state index contributed by atoms with van der Waals surface area (Å²) < 4.78 is 10.3. The fraction of sp³-hybridized carbons (Fsp3) is 0.556. The van der Waals surface area contributed by atoms with E-state index in [1.54, 1.807) is 19.1 Å². The molecule has 1 aromatic rings. The number of hydrogen-bond acceptors (Lipinski definition) is 4. The lowest BCUT2D eigenvalue weighted by molar-refractivity contribution is 0.0914. The molecule has 1 aliphatic heterocycles. The molecule has 26 heavy (non-hydrogen) atoms. The molecule has 1 N–H and O–H groups in total. The van der Waals surface area contributed by atoms with E-state index in [0.29, 0.717) is 32.8 Å². The zero-order chi connectivity index (χ0) is 18.1. The molecule has 0 aromatic heterocycles. The van der Waals surface area contributed by atoms with Crippen LogP contribution >= 0.6 is 24.0 Å². The minimum absolute atomic E-state index is 0. The molecule has 0 radical (unpaired) electrons. The number of piperazine rings is 1. The second kappa shape index (κ2) is 11.9. The van der Waals surface area contributed by atoms with Gasteiger partial charge in [-0.1, -0.05) is 24.3 Å². The van der Waals surface area contributed by atoms with E-state index < -0.39 is 0 Å². The van der Waals surface area contributed by atoms with Crippen molar-refractivity contribution in [2.24, 2.45) is 4.99 Å². The molecule has 0 spiro atoms. The highest BCUT2D eigenvalue weighted by molar-refractivity contribution is 14.0. The summed E-state index contributed by atoms with van der Waals surface area (Å²) in [6, 6.07) is 8.20. The molecule has 1 amide bonds. The number of carbonyl (C=O) groups is 1. The van der Waals surface area contributed by atoms with Gasteiger partial charge in [-0.3, -0.25) is 4.99 Å². The first-order valence-corrected chi connectivity index (χ1v) is 8.62. The minimum Gasteiger partial charge on any atom is -0.450 e. The average Bonchev–Trinajstić information content (AvgIpc) is 2.64. The third-order valence-electron chi connectivity index (χ3n) is 4.17. The van der Waals surface area contributed by atoms with Crippen molar-refractivity contribution in [2.75, 3.05) is 46.9 Å². The van der Waals surface area contributed by atoms with Crippen molar-refractivity contribution in [1.29, 1.82) is 0 Å². The zero-order valence-electron chi connectivity index (χ0n) is 15.7. The Labute approximate surface area is 172 Å². The van der Waals surface area contributed by atoms with E-state index in [1.165, 1.54) is 11.1 Å². The fourth-order valence-electron chi connectivity index (χ4n) is 2.85. The van der Waals surface area contributed by atoms with E-state index in [9.17, 15) is 4.79 Å². The van der Waals surface area contributed by atoms with Gasteiger partial charge in [-0.05, 0) is 18.1 Å². The predicted molar refractivity (Wildman–Crippen MR) is 113 cm³/mol. The highest BCUT2D eigenvalue weighted by atomic mass is 127. The first kappa shape index (κ1) is 22.5. The maximum absolute atomic E-state index is 11.8. The van der Waals surface area contributed by atoms with Gasteiger partial charge in [-0.2, -0.15) is 0 Å². The van der Waals surface area contributed by atoms with Crippen LogP contribution in [0, 0.1) is 0 Å². The lowest BCUT2D eigenvalue weighted by Crippen LogP contribution is -2.53. The third kappa shape index (κ3) is 6.31. The van der Waals surface area contributed by atoms with Gasteiger partial charge in [-0.15, -0.1) is 24.0 Å². The summed E-state index contributed by atoms with van der Waals surface area (Å²) in [4.78, 5) is 20.1. The molecule has 0 bridgehead atoms. The standard InChI is InChI=1S/C18H28N4O3.HI/c1-4-25-18(23)22-11-9-21(10-12-22)17(19-2)20-13-15-7-5-6-8-16(15)14-24-3;/h5-8H,4,9-14H2,1-3H3,(H,19,20);1H. The number of benzene rings is 1. The summed E-state index contributed by atoms with van der Waals surface area (Å²) in [5.41, 5.74) is 2.36. The second-order valence-corrected chi connectivity index (χ2v) is 5.78. The first-order chi connectivity index (χ1) is 12.2. The molecule has 0 aliphatic carbocycles. The zero-order valence-corrected chi connectivity index (χ0v) is 18.1. The number of nitrogens with one attached hydrogen (secondary N) is 1. The highest BCUT2D eigenvalue weighted by Crippen LogP contribution is 2.10. The monoisotopic (exact) mass is 476 g/mol. The molecule has 146 valence electrons. The number of aliphatic imine (C=N–C) groups is 1. The average molecular weight is 476 g/mol. The van der Waals surface area contributed by atoms with Crippen molar-refractivity contribution in [3.05, 3.63) is 35.4 Å². The Balaban J connectivity index is 0.00000338. The molecule has 1 heterocycles. The molecule has 7 nitrogen and oxygen atoms in total. The van der Waals surface area contributed by atoms with Gasteiger partial charge >= 0.3 is 6.09 Å². The van der Waals surface area contributed by atoms with E-state index in [4.69, 9.17) is 9.47 Å². The van der Waals surface area contributed by atoms with E-state index in [1.807, 2.05) is 19.1 Å². The van der Waals surface area contributed by atoms with Gasteiger partial charge in [0.1, 0.15) is 0 Å². The Morgan fingerprint density at radius 1 is 1.15 bits per heavy atom. The molecule has 1 saturated heterocycles. The van der Waals surface area contributed by atoms with Gasteiger partial charge in [0.15, 0.2) is 5.96 Å². The van der Waals surface area contributed by atoms with Crippen LogP contribution in [-0.2, 0) is 22.6 Å². The first-order valence-electron chi connectivity index (χ1n) is 8.62. The van der Waals surface area contributed by atoms with E-state index in [-0.39, 0.29) is 30.1 Å². The van der Waals surface area contributed by atoms with Crippen LogP contribution in [-0.4, -0.2) is 68.8 Å². The van der Waals surface area contributed by atoms with Crippen LogP contribution in [0.5, 0.6) is 0 Å². The van der Waals surface area contributed by atoms with Gasteiger partial charge < -0.3 is 24.6 Å². The second-order valence-electron chi connectivity index (χ2n) is 5.78. The minimum atomic E-state index is -0.237. The van der Waals surface area contributed by atoms with Gasteiger partial charge in [0.05, 0.1) is 13.2 Å². The summed E-state index contributed by atoms with van der Waals surface area (Å²) in [5, 5.41) is 3.41. The molecule has 0 atom stereocenters. The summed E-state index contributed by atoms with van der Waals surface area (Å²) in [6.07, 6.45) is -0.237. The number of halogens is 1. The quantitative estimate of drug-likeness (QED) is 0.402. The SMILES string of the molecule is CCOC(=O)N1CCN(C(=NC)NCc2ccccc2COC)CC1.I. The smallest absolute Gasteiger partial charge is 0.409 e. The lowest BCUT2D eigenvalue weighted by Gasteiger charge is -2.35. The Morgan fingerprint density at radius 2 is 1.77 bits per heavy atom. The van der Waals surface area contributed by atoms with Crippen LogP contribution in [0.15, 0.2) is 29.3 Å². The normalized spacial score (nSPS) is 14.7. The van der Waals surface area contributed by atoms with Crippen LogP contribution < -0.4 is 5.32 Å². The number of hydrogen-bond donors (Lipinski definition) is 1. The molecular formula is C18H29IN4O3. The number of amides is 1. The summed E-state index contributed by atoms with van der Waals surface area (Å²) in [5.74, 6) is 0.843. The number of nitrogens with zero attached hydrogens (tertiary/aromatic N) is 3. The van der Waals surface area contributed by atoms with Gasteiger partial charge in [0.2, 0.25) is 0 Å². The van der Waals surface area contributed by atoms with Crippen molar-refractivity contribution in [3.63, 3.8) is 0 Å².